The molecule has 2 saturated carbocycles. The number of aliphatic hydroxyl groups excluding tert-OH is 1. The minimum atomic E-state index is -0.0356. The van der Waals surface area contributed by atoms with E-state index in [9.17, 15) is 5.11 Å². The van der Waals surface area contributed by atoms with Gasteiger partial charge in [-0.2, -0.15) is 0 Å². The molecule has 1 heteroatoms. The summed E-state index contributed by atoms with van der Waals surface area (Å²) in [5.74, 6) is 1.34. The van der Waals surface area contributed by atoms with Crippen LogP contribution in [0.25, 0.3) is 0 Å². The van der Waals surface area contributed by atoms with Gasteiger partial charge in [-0.25, -0.2) is 0 Å². The Morgan fingerprint density at radius 1 is 1.15 bits per heavy atom. The molecule has 1 nitrogen and oxygen atoms in total. The van der Waals surface area contributed by atoms with Gasteiger partial charge < -0.3 is 5.11 Å². The van der Waals surface area contributed by atoms with Crippen molar-refractivity contribution in [2.45, 2.75) is 58.5 Å². The maximum absolute atomic E-state index is 10.2. The fourth-order valence-electron chi connectivity index (χ4n) is 3.57. The van der Waals surface area contributed by atoms with Crippen molar-refractivity contribution in [2.75, 3.05) is 0 Å². The van der Waals surface area contributed by atoms with Crippen molar-refractivity contribution in [1.82, 2.24) is 0 Å². The Balaban J connectivity index is 2.17. The number of hydrogen-bond donors (Lipinski definition) is 1. The molecule has 0 saturated heterocycles. The summed E-state index contributed by atoms with van der Waals surface area (Å²) < 4.78 is 0. The zero-order chi connectivity index (χ0) is 9.47. The summed E-state index contributed by atoms with van der Waals surface area (Å²) in [5, 5.41) is 10.2. The predicted octanol–water partition coefficient (Wildman–Crippen LogP) is 2.97. The highest BCUT2D eigenvalue weighted by atomic mass is 16.3. The van der Waals surface area contributed by atoms with Crippen LogP contribution in [0.3, 0.4) is 0 Å². The van der Waals surface area contributed by atoms with Crippen molar-refractivity contribution < 1.29 is 5.11 Å². The maximum Gasteiger partial charge on any atom is 0.0621 e. The van der Waals surface area contributed by atoms with E-state index in [0.29, 0.717) is 5.92 Å². The van der Waals surface area contributed by atoms with Gasteiger partial charge >= 0.3 is 0 Å². The summed E-state index contributed by atoms with van der Waals surface area (Å²) in [6.45, 7) is 4.53. The van der Waals surface area contributed by atoms with E-state index in [1.54, 1.807) is 0 Å². The molecule has 0 amide bonds. The van der Waals surface area contributed by atoms with Crippen LogP contribution in [-0.4, -0.2) is 11.2 Å². The molecule has 0 heterocycles. The predicted molar refractivity (Wildman–Crippen MR) is 54.5 cm³/mol. The number of rotatable bonds is 0. The molecule has 0 aromatic carbocycles. The van der Waals surface area contributed by atoms with Crippen LogP contribution in [0.4, 0.5) is 0 Å². The lowest BCUT2D eigenvalue weighted by atomic mass is 9.57. The topological polar surface area (TPSA) is 20.2 Å². The zero-order valence-electron chi connectivity index (χ0n) is 8.92. The van der Waals surface area contributed by atoms with E-state index < -0.39 is 0 Å². The Kier molecular flexibility index (Phi) is 2.39. The Bertz CT molecular complexity index is 186. The van der Waals surface area contributed by atoms with Gasteiger partial charge in [0.05, 0.1) is 6.10 Å². The molecule has 13 heavy (non-hydrogen) atoms. The SMILES string of the molecule is C[C@H]1CC[C@H]2CCCC[C@]2(C)[C@H]1O. The van der Waals surface area contributed by atoms with Crippen molar-refractivity contribution in [1.29, 1.82) is 0 Å². The molecule has 0 aromatic rings. The molecule has 0 unspecified atom stereocenters. The molecule has 0 spiro atoms. The van der Waals surface area contributed by atoms with Gasteiger partial charge in [-0.3, -0.25) is 0 Å². The molecule has 76 valence electrons. The first-order chi connectivity index (χ1) is 6.14. The van der Waals surface area contributed by atoms with Crippen LogP contribution in [0, 0.1) is 17.3 Å². The largest absolute Gasteiger partial charge is 0.392 e. The van der Waals surface area contributed by atoms with E-state index in [1.165, 1.54) is 38.5 Å². The summed E-state index contributed by atoms with van der Waals surface area (Å²) in [5.41, 5.74) is 0.260. The van der Waals surface area contributed by atoms with E-state index in [4.69, 9.17) is 0 Å². The van der Waals surface area contributed by atoms with Gasteiger partial charge in [0.2, 0.25) is 0 Å². The van der Waals surface area contributed by atoms with Crippen LogP contribution in [0.2, 0.25) is 0 Å². The highest BCUT2D eigenvalue weighted by molar-refractivity contribution is 4.97. The Labute approximate surface area is 81.5 Å². The van der Waals surface area contributed by atoms with Gasteiger partial charge in [0.1, 0.15) is 0 Å². The molecular formula is C12H22O. The summed E-state index contributed by atoms with van der Waals surface area (Å²) in [4.78, 5) is 0. The molecule has 0 radical (unpaired) electrons. The van der Waals surface area contributed by atoms with Crippen molar-refractivity contribution in [3.63, 3.8) is 0 Å². The Morgan fingerprint density at radius 2 is 1.92 bits per heavy atom. The van der Waals surface area contributed by atoms with E-state index in [1.807, 2.05) is 0 Å². The lowest BCUT2D eigenvalue weighted by molar-refractivity contribution is -0.0944. The third-order valence-corrected chi connectivity index (χ3v) is 4.64. The van der Waals surface area contributed by atoms with E-state index in [2.05, 4.69) is 13.8 Å². The van der Waals surface area contributed by atoms with Crippen molar-refractivity contribution in [3.05, 3.63) is 0 Å². The van der Waals surface area contributed by atoms with Gasteiger partial charge in [-0.1, -0.05) is 26.7 Å². The molecule has 2 rings (SSSR count). The normalized spacial score (nSPS) is 51.5. The highest BCUT2D eigenvalue weighted by Crippen LogP contribution is 2.51. The second-order valence-electron chi connectivity index (χ2n) is 5.45. The van der Waals surface area contributed by atoms with Crippen LogP contribution >= 0.6 is 0 Å². The zero-order valence-corrected chi connectivity index (χ0v) is 8.92. The molecule has 2 aliphatic carbocycles. The molecule has 0 aliphatic heterocycles. The molecule has 2 aliphatic rings. The van der Waals surface area contributed by atoms with Gasteiger partial charge in [0.25, 0.3) is 0 Å². The smallest absolute Gasteiger partial charge is 0.0621 e. The fraction of sp³-hybridized carbons (Fsp3) is 1.00. The number of fused-ring (bicyclic) bond motifs is 1. The average Bonchev–Trinajstić information content (AvgIpc) is 2.13. The highest BCUT2D eigenvalue weighted by Gasteiger charge is 2.46. The molecule has 4 atom stereocenters. The number of aliphatic hydroxyl groups is 1. The summed E-state index contributed by atoms with van der Waals surface area (Å²) >= 11 is 0. The number of hydrogen-bond acceptors (Lipinski definition) is 1. The van der Waals surface area contributed by atoms with Crippen LogP contribution in [0.15, 0.2) is 0 Å². The first kappa shape index (κ1) is 9.51. The van der Waals surface area contributed by atoms with Crippen molar-refractivity contribution in [2.24, 2.45) is 17.3 Å². The van der Waals surface area contributed by atoms with Gasteiger partial charge in [-0.05, 0) is 42.9 Å². The summed E-state index contributed by atoms with van der Waals surface area (Å²) in [6.07, 6.45) is 7.89. The maximum atomic E-state index is 10.2. The summed E-state index contributed by atoms with van der Waals surface area (Å²) in [7, 11) is 0. The minimum Gasteiger partial charge on any atom is -0.392 e. The second kappa shape index (κ2) is 3.27. The Morgan fingerprint density at radius 3 is 2.69 bits per heavy atom. The quantitative estimate of drug-likeness (QED) is 0.610. The fourth-order valence-corrected chi connectivity index (χ4v) is 3.57. The van der Waals surface area contributed by atoms with E-state index in [-0.39, 0.29) is 11.5 Å². The minimum absolute atomic E-state index is 0.0356. The summed E-state index contributed by atoms with van der Waals surface area (Å²) in [6, 6.07) is 0. The van der Waals surface area contributed by atoms with Crippen LogP contribution in [-0.2, 0) is 0 Å². The third kappa shape index (κ3) is 1.41. The first-order valence-corrected chi connectivity index (χ1v) is 5.82. The van der Waals surface area contributed by atoms with E-state index in [0.717, 1.165) is 5.92 Å². The lowest BCUT2D eigenvalue weighted by Crippen LogP contribution is -2.48. The molecule has 2 fully saturated rings. The van der Waals surface area contributed by atoms with Crippen LogP contribution in [0.5, 0.6) is 0 Å². The average molecular weight is 182 g/mol. The standard InChI is InChI=1S/C12H22O/c1-9-6-7-10-5-3-4-8-12(10,2)11(9)13/h9-11,13H,3-8H2,1-2H3/t9-,10+,11-,12-/m0/s1. The van der Waals surface area contributed by atoms with Gasteiger partial charge in [-0.15, -0.1) is 0 Å². The molecule has 0 aromatic heterocycles. The van der Waals surface area contributed by atoms with Gasteiger partial charge in [0.15, 0.2) is 0 Å². The molecule has 0 bridgehead atoms. The van der Waals surface area contributed by atoms with Gasteiger partial charge in [0, 0.05) is 0 Å². The van der Waals surface area contributed by atoms with Crippen LogP contribution < -0.4 is 0 Å². The third-order valence-electron chi connectivity index (χ3n) is 4.64. The second-order valence-corrected chi connectivity index (χ2v) is 5.45. The van der Waals surface area contributed by atoms with Crippen molar-refractivity contribution in [3.8, 4) is 0 Å². The molecular weight excluding hydrogens is 160 g/mol. The Hall–Kier alpha value is -0.0400. The molecule has 1 N–H and O–H groups in total. The monoisotopic (exact) mass is 182 g/mol. The van der Waals surface area contributed by atoms with Crippen LogP contribution in [0.1, 0.15) is 52.4 Å². The van der Waals surface area contributed by atoms with Crippen molar-refractivity contribution >= 4 is 0 Å². The first-order valence-electron chi connectivity index (χ1n) is 5.82. The van der Waals surface area contributed by atoms with E-state index >= 15 is 0 Å². The lowest BCUT2D eigenvalue weighted by Gasteiger charge is -2.50.